The number of nitrogens with one attached hydrogen (secondary N) is 1. The van der Waals surface area contributed by atoms with Crippen molar-refractivity contribution < 1.29 is 4.39 Å². The maximum Gasteiger partial charge on any atom is 0.123 e. The Labute approximate surface area is 167 Å². The zero-order chi connectivity index (χ0) is 19.2. The summed E-state index contributed by atoms with van der Waals surface area (Å²) in [6, 6.07) is 26.9. The summed E-state index contributed by atoms with van der Waals surface area (Å²) in [4.78, 5) is 2.60. The van der Waals surface area contributed by atoms with Crippen LogP contribution >= 0.6 is 0 Å². The lowest BCUT2D eigenvalue weighted by Gasteiger charge is -2.37. The van der Waals surface area contributed by atoms with Gasteiger partial charge in [0.1, 0.15) is 5.82 Å². The zero-order valence-electron chi connectivity index (χ0n) is 16.2. The van der Waals surface area contributed by atoms with Gasteiger partial charge in [-0.05, 0) is 47.2 Å². The quantitative estimate of drug-likeness (QED) is 0.609. The lowest BCUT2D eigenvalue weighted by Crippen LogP contribution is -2.44. The third kappa shape index (κ3) is 4.86. The summed E-state index contributed by atoms with van der Waals surface area (Å²) in [6.07, 6.45) is 2.18. The molecule has 0 saturated heterocycles. The van der Waals surface area contributed by atoms with Crippen LogP contribution in [0.3, 0.4) is 0 Å². The summed E-state index contributed by atoms with van der Waals surface area (Å²) in [6.45, 7) is 3.71. The van der Waals surface area contributed by atoms with Crippen LogP contribution in [0.25, 0.3) is 0 Å². The van der Waals surface area contributed by atoms with E-state index in [9.17, 15) is 4.39 Å². The molecule has 0 fully saturated rings. The fourth-order valence-electron chi connectivity index (χ4n) is 4.05. The van der Waals surface area contributed by atoms with Crippen LogP contribution < -0.4 is 5.32 Å². The van der Waals surface area contributed by atoms with Crippen LogP contribution in [0.2, 0.25) is 0 Å². The molecular formula is C25H27FN2. The van der Waals surface area contributed by atoms with Crippen LogP contribution in [0.4, 0.5) is 4.39 Å². The molecular weight excluding hydrogens is 347 g/mol. The minimum absolute atomic E-state index is 0.181. The molecule has 2 nitrogen and oxygen atoms in total. The Morgan fingerprint density at radius 2 is 1.54 bits per heavy atom. The number of rotatable bonds is 7. The van der Waals surface area contributed by atoms with Crippen molar-refractivity contribution in [3.63, 3.8) is 0 Å². The first-order valence-corrected chi connectivity index (χ1v) is 10.1. The van der Waals surface area contributed by atoms with Crippen molar-refractivity contribution >= 4 is 0 Å². The maximum atomic E-state index is 13.0. The number of nitrogens with zero attached hydrogens (tertiary/aromatic N) is 1. The van der Waals surface area contributed by atoms with E-state index in [2.05, 4.69) is 64.8 Å². The Balaban J connectivity index is 1.38. The Morgan fingerprint density at radius 1 is 0.821 bits per heavy atom. The number of halogens is 1. The first-order valence-electron chi connectivity index (χ1n) is 10.1. The highest BCUT2D eigenvalue weighted by molar-refractivity contribution is 5.31. The molecule has 1 atom stereocenters. The number of hydrogen-bond donors (Lipinski definition) is 1. The summed E-state index contributed by atoms with van der Waals surface area (Å²) < 4.78 is 13.0. The topological polar surface area (TPSA) is 15.3 Å². The van der Waals surface area contributed by atoms with E-state index in [-0.39, 0.29) is 5.82 Å². The van der Waals surface area contributed by atoms with E-state index < -0.39 is 0 Å². The second-order valence-electron chi connectivity index (χ2n) is 7.59. The molecule has 144 valence electrons. The molecule has 1 aliphatic heterocycles. The van der Waals surface area contributed by atoms with Crippen LogP contribution in [-0.2, 0) is 25.9 Å². The van der Waals surface area contributed by atoms with Gasteiger partial charge in [-0.1, -0.05) is 66.7 Å². The predicted octanol–water partition coefficient (Wildman–Crippen LogP) is 4.58. The Kier molecular flexibility index (Phi) is 6.15. The molecule has 1 aliphatic rings. The third-order valence-electron chi connectivity index (χ3n) is 5.60. The van der Waals surface area contributed by atoms with Crippen molar-refractivity contribution in [3.8, 4) is 0 Å². The van der Waals surface area contributed by atoms with Gasteiger partial charge in [-0.25, -0.2) is 4.39 Å². The van der Waals surface area contributed by atoms with E-state index in [0.29, 0.717) is 6.04 Å². The second-order valence-corrected chi connectivity index (χ2v) is 7.59. The molecule has 3 aromatic rings. The number of benzene rings is 3. The van der Waals surface area contributed by atoms with Gasteiger partial charge in [0.05, 0.1) is 0 Å². The van der Waals surface area contributed by atoms with Gasteiger partial charge in [0, 0.05) is 32.2 Å². The molecule has 28 heavy (non-hydrogen) atoms. The third-order valence-corrected chi connectivity index (χ3v) is 5.60. The van der Waals surface area contributed by atoms with E-state index in [1.54, 1.807) is 0 Å². The average molecular weight is 375 g/mol. The molecule has 4 rings (SSSR count). The number of hydrogen-bond acceptors (Lipinski definition) is 2. The van der Waals surface area contributed by atoms with E-state index >= 15 is 0 Å². The minimum atomic E-state index is -0.181. The fraction of sp³-hybridized carbons (Fsp3) is 0.280. The minimum Gasteiger partial charge on any atom is -0.311 e. The first kappa shape index (κ1) is 18.9. The largest absolute Gasteiger partial charge is 0.311 e. The van der Waals surface area contributed by atoms with Crippen LogP contribution in [0.5, 0.6) is 0 Å². The molecule has 1 heterocycles. The van der Waals surface area contributed by atoms with Crippen molar-refractivity contribution in [1.29, 1.82) is 0 Å². The Morgan fingerprint density at radius 3 is 2.32 bits per heavy atom. The van der Waals surface area contributed by atoms with E-state index in [1.165, 1.54) is 28.8 Å². The van der Waals surface area contributed by atoms with Crippen molar-refractivity contribution in [2.24, 2.45) is 0 Å². The molecule has 0 aromatic heterocycles. The molecule has 0 radical (unpaired) electrons. The smallest absolute Gasteiger partial charge is 0.123 e. The highest BCUT2D eigenvalue weighted by atomic mass is 19.1. The molecule has 3 aromatic carbocycles. The van der Waals surface area contributed by atoms with Crippen LogP contribution in [0, 0.1) is 5.82 Å². The summed E-state index contributed by atoms with van der Waals surface area (Å²) in [5.74, 6) is -0.181. The van der Waals surface area contributed by atoms with E-state index in [1.807, 2.05) is 12.1 Å². The summed E-state index contributed by atoms with van der Waals surface area (Å²) >= 11 is 0. The standard InChI is InChI=1S/C25H27FN2/c26-24-12-10-21(11-13-24)18-27-14-15-28-19-23-9-5-4-8-22(23)17-25(28)16-20-6-2-1-3-7-20/h1-13,25,27H,14-19H2. The molecule has 0 saturated carbocycles. The molecule has 0 aliphatic carbocycles. The highest BCUT2D eigenvalue weighted by Gasteiger charge is 2.25. The molecule has 1 unspecified atom stereocenters. The van der Waals surface area contributed by atoms with Crippen molar-refractivity contribution in [2.75, 3.05) is 13.1 Å². The SMILES string of the molecule is Fc1ccc(CNCCN2Cc3ccccc3CC2Cc2ccccc2)cc1. The average Bonchev–Trinajstić information content (AvgIpc) is 2.73. The van der Waals surface area contributed by atoms with Crippen LogP contribution in [-0.4, -0.2) is 24.0 Å². The van der Waals surface area contributed by atoms with Gasteiger partial charge in [0.15, 0.2) is 0 Å². The van der Waals surface area contributed by atoms with Gasteiger partial charge in [0.2, 0.25) is 0 Å². The molecule has 0 spiro atoms. The molecule has 1 N–H and O–H groups in total. The fourth-order valence-corrected chi connectivity index (χ4v) is 4.05. The van der Waals surface area contributed by atoms with Crippen molar-refractivity contribution in [3.05, 3.63) is 107 Å². The summed E-state index contributed by atoms with van der Waals surface area (Å²) in [5.41, 5.74) is 5.45. The van der Waals surface area contributed by atoms with Crippen molar-refractivity contribution in [2.45, 2.75) is 32.0 Å². The summed E-state index contributed by atoms with van der Waals surface area (Å²) in [5, 5.41) is 3.51. The van der Waals surface area contributed by atoms with Gasteiger partial charge in [0.25, 0.3) is 0 Å². The van der Waals surface area contributed by atoms with Crippen LogP contribution in [0.15, 0.2) is 78.9 Å². The van der Waals surface area contributed by atoms with Crippen LogP contribution in [0.1, 0.15) is 22.3 Å². The van der Waals surface area contributed by atoms with E-state index in [4.69, 9.17) is 0 Å². The van der Waals surface area contributed by atoms with Gasteiger partial charge in [-0.15, -0.1) is 0 Å². The monoisotopic (exact) mass is 374 g/mol. The number of fused-ring (bicyclic) bond motifs is 1. The van der Waals surface area contributed by atoms with Gasteiger partial charge < -0.3 is 5.32 Å². The lowest BCUT2D eigenvalue weighted by molar-refractivity contribution is 0.170. The molecule has 3 heteroatoms. The van der Waals surface area contributed by atoms with Crippen molar-refractivity contribution in [1.82, 2.24) is 10.2 Å². The predicted molar refractivity (Wildman–Crippen MR) is 113 cm³/mol. The highest BCUT2D eigenvalue weighted by Crippen LogP contribution is 2.25. The lowest BCUT2D eigenvalue weighted by atomic mass is 9.90. The second kappa shape index (κ2) is 9.13. The normalized spacial score (nSPS) is 16.7. The van der Waals surface area contributed by atoms with E-state index in [0.717, 1.165) is 44.6 Å². The first-order chi connectivity index (χ1) is 13.8. The Hall–Kier alpha value is -2.49. The maximum absolute atomic E-state index is 13.0. The van der Waals surface area contributed by atoms with Gasteiger partial charge in [-0.3, -0.25) is 4.90 Å². The van der Waals surface area contributed by atoms with Gasteiger partial charge in [-0.2, -0.15) is 0 Å². The Bertz CT molecular complexity index is 877. The van der Waals surface area contributed by atoms with Gasteiger partial charge >= 0.3 is 0 Å². The zero-order valence-corrected chi connectivity index (χ0v) is 16.2. The molecule has 0 bridgehead atoms. The summed E-state index contributed by atoms with van der Waals surface area (Å²) in [7, 11) is 0. The molecule has 0 amide bonds.